The van der Waals surface area contributed by atoms with Gasteiger partial charge in [0.15, 0.2) is 0 Å². The van der Waals surface area contributed by atoms with E-state index in [-0.39, 0.29) is 6.04 Å². The average molecular weight is 199 g/mol. The molecule has 1 rings (SSSR count). The van der Waals surface area contributed by atoms with Crippen molar-refractivity contribution in [2.75, 3.05) is 0 Å². The molecule has 1 unspecified atom stereocenters. The Labute approximate surface area is 83.9 Å². The zero-order valence-corrected chi connectivity index (χ0v) is 8.48. The number of carbonyl (C=O) groups excluding carboxylic acids is 1. The lowest BCUT2D eigenvalue weighted by atomic mass is 10.1. The molecule has 1 saturated carbocycles. The molecule has 1 atom stereocenters. The molecule has 14 heavy (non-hydrogen) atoms. The minimum absolute atomic E-state index is 0.186. The van der Waals surface area contributed by atoms with Crippen LogP contribution in [0.15, 0.2) is 0 Å². The summed E-state index contributed by atoms with van der Waals surface area (Å²) >= 11 is 0. The quantitative estimate of drug-likeness (QED) is 0.628. The lowest BCUT2D eigenvalue weighted by Gasteiger charge is -2.24. The highest BCUT2D eigenvalue weighted by Crippen LogP contribution is 2.28. The van der Waals surface area contributed by atoms with Crippen LogP contribution in [0.1, 0.15) is 39.0 Å². The van der Waals surface area contributed by atoms with E-state index in [1.165, 1.54) is 4.90 Å². The molecule has 0 aromatic carbocycles. The first kappa shape index (κ1) is 11.0. The molecular formula is C10H17NO3. The van der Waals surface area contributed by atoms with E-state index < -0.39 is 12.0 Å². The van der Waals surface area contributed by atoms with Gasteiger partial charge >= 0.3 is 5.97 Å². The Morgan fingerprint density at radius 1 is 1.64 bits per heavy atom. The standard InChI is InChI=1S/C10H17NO3/c1-2-3-4-9(10(13)14)11(7-12)8-5-6-8/h7-9H,2-6H2,1H3,(H,13,14). The normalized spacial score (nSPS) is 17.5. The van der Waals surface area contributed by atoms with Gasteiger partial charge in [-0.15, -0.1) is 0 Å². The summed E-state index contributed by atoms with van der Waals surface area (Å²) in [6.07, 6.45) is 4.98. The van der Waals surface area contributed by atoms with Crippen molar-refractivity contribution in [1.82, 2.24) is 4.90 Å². The average Bonchev–Trinajstić information content (AvgIpc) is 2.95. The van der Waals surface area contributed by atoms with Crippen LogP contribution in [0.4, 0.5) is 0 Å². The molecule has 1 fully saturated rings. The third-order valence-electron chi connectivity index (χ3n) is 2.57. The van der Waals surface area contributed by atoms with E-state index in [9.17, 15) is 9.59 Å². The number of unbranched alkanes of at least 4 members (excludes halogenated alkanes) is 1. The Hall–Kier alpha value is -1.06. The fourth-order valence-corrected chi connectivity index (χ4v) is 1.58. The van der Waals surface area contributed by atoms with Crippen molar-refractivity contribution >= 4 is 12.4 Å². The molecule has 0 heterocycles. The Morgan fingerprint density at radius 3 is 2.64 bits per heavy atom. The van der Waals surface area contributed by atoms with Crippen molar-refractivity contribution in [2.45, 2.75) is 51.1 Å². The van der Waals surface area contributed by atoms with E-state index >= 15 is 0 Å². The largest absolute Gasteiger partial charge is 0.480 e. The predicted octanol–water partition coefficient (Wildman–Crippen LogP) is 1.25. The fourth-order valence-electron chi connectivity index (χ4n) is 1.58. The number of hydrogen-bond donors (Lipinski definition) is 1. The zero-order valence-electron chi connectivity index (χ0n) is 8.48. The minimum atomic E-state index is -0.877. The van der Waals surface area contributed by atoms with Gasteiger partial charge in [-0.25, -0.2) is 4.79 Å². The van der Waals surface area contributed by atoms with Crippen LogP contribution < -0.4 is 0 Å². The number of rotatable bonds is 7. The van der Waals surface area contributed by atoms with Crippen LogP contribution in [0.25, 0.3) is 0 Å². The molecule has 0 spiro atoms. The molecule has 0 saturated heterocycles. The van der Waals surface area contributed by atoms with Gasteiger partial charge in [-0.3, -0.25) is 4.79 Å². The Kier molecular flexibility index (Phi) is 3.92. The smallest absolute Gasteiger partial charge is 0.326 e. The van der Waals surface area contributed by atoms with E-state index in [1.807, 2.05) is 6.92 Å². The maximum Gasteiger partial charge on any atom is 0.326 e. The number of amides is 1. The molecule has 0 aromatic heterocycles. The van der Waals surface area contributed by atoms with Crippen LogP contribution in [0.2, 0.25) is 0 Å². The Morgan fingerprint density at radius 2 is 2.29 bits per heavy atom. The molecule has 0 bridgehead atoms. The highest BCUT2D eigenvalue weighted by atomic mass is 16.4. The van der Waals surface area contributed by atoms with Gasteiger partial charge < -0.3 is 10.0 Å². The maximum atomic E-state index is 10.9. The first-order valence-corrected chi connectivity index (χ1v) is 5.16. The predicted molar refractivity (Wildman–Crippen MR) is 51.9 cm³/mol. The van der Waals surface area contributed by atoms with Crippen LogP contribution in [-0.4, -0.2) is 34.5 Å². The summed E-state index contributed by atoms with van der Waals surface area (Å²) in [6, 6.07) is -0.426. The number of carboxylic acid groups (broad SMARTS) is 1. The van der Waals surface area contributed by atoms with Crippen molar-refractivity contribution in [3.63, 3.8) is 0 Å². The van der Waals surface area contributed by atoms with Crippen molar-refractivity contribution in [2.24, 2.45) is 0 Å². The SMILES string of the molecule is CCCCC(C(=O)O)N(C=O)C1CC1. The van der Waals surface area contributed by atoms with Crippen molar-refractivity contribution < 1.29 is 14.7 Å². The lowest BCUT2D eigenvalue weighted by Crippen LogP contribution is -2.41. The first-order valence-electron chi connectivity index (χ1n) is 5.16. The number of hydrogen-bond acceptors (Lipinski definition) is 2. The van der Waals surface area contributed by atoms with E-state index in [0.29, 0.717) is 12.8 Å². The second kappa shape index (κ2) is 4.98. The van der Waals surface area contributed by atoms with Gasteiger partial charge in [0.1, 0.15) is 6.04 Å². The summed E-state index contributed by atoms with van der Waals surface area (Å²) in [6.45, 7) is 2.02. The highest BCUT2D eigenvalue weighted by Gasteiger charge is 2.35. The zero-order chi connectivity index (χ0) is 10.6. The summed E-state index contributed by atoms with van der Waals surface area (Å²) in [4.78, 5) is 23.2. The first-order chi connectivity index (χ1) is 6.70. The summed E-state index contributed by atoms with van der Waals surface area (Å²) in [7, 11) is 0. The van der Waals surface area contributed by atoms with Gasteiger partial charge in [0.2, 0.25) is 6.41 Å². The van der Waals surface area contributed by atoms with Crippen LogP contribution >= 0.6 is 0 Å². The van der Waals surface area contributed by atoms with E-state index in [1.54, 1.807) is 0 Å². The monoisotopic (exact) mass is 199 g/mol. The molecule has 0 radical (unpaired) electrons. The molecule has 4 heteroatoms. The molecule has 0 aromatic rings. The van der Waals surface area contributed by atoms with Crippen LogP contribution in [0.3, 0.4) is 0 Å². The van der Waals surface area contributed by atoms with Crippen LogP contribution in [0, 0.1) is 0 Å². The third-order valence-corrected chi connectivity index (χ3v) is 2.57. The molecule has 4 nitrogen and oxygen atoms in total. The summed E-state index contributed by atoms with van der Waals surface area (Å²) in [5.41, 5.74) is 0. The lowest BCUT2D eigenvalue weighted by molar-refractivity contribution is -0.147. The van der Waals surface area contributed by atoms with Gasteiger partial charge in [-0.05, 0) is 19.3 Å². The Bertz CT molecular complexity index is 213. The van der Waals surface area contributed by atoms with Crippen molar-refractivity contribution in [3.05, 3.63) is 0 Å². The second-order valence-corrected chi connectivity index (χ2v) is 3.78. The molecule has 1 amide bonds. The number of aliphatic carboxylic acids is 1. The van der Waals surface area contributed by atoms with E-state index in [4.69, 9.17) is 5.11 Å². The van der Waals surface area contributed by atoms with Gasteiger partial charge in [-0.1, -0.05) is 19.8 Å². The molecule has 1 aliphatic rings. The summed E-state index contributed by atoms with van der Waals surface area (Å²) in [5.74, 6) is -0.877. The summed E-state index contributed by atoms with van der Waals surface area (Å²) in [5, 5.41) is 8.98. The molecule has 1 N–H and O–H groups in total. The second-order valence-electron chi connectivity index (χ2n) is 3.78. The molecular weight excluding hydrogens is 182 g/mol. The van der Waals surface area contributed by atoms with E-state index in [2.05, 4.69) is 0 Å². The van der Waals surface area contributed by atoms with Crippen molar-refractivity contribution in [1.29, 1.82) is 0 Å². The maximum absolute atomic E-state index is 10.9. The Balaban J connectivity index is 2.53. The topological polar surface area (TPSA) is 57.6 Å². The van der Waals surface area contributed by atoms with Gasteiger partial charge in [0, 0.05) is 6.04 Å². The highest BCUT2D eigenvalue weighted by molar-refractivity contribution is 5.76. The molecule has 80 valence electrons. The number of carbonyl (C=O) groups is 2. The fraction of sp³-hybridized carbons (Fsp3) is 0.800. The van der Waals surface area contributed by atoms with Gasteiger partial charge in [0.05, 0.1) is 0 Å². The van der Waals surface area contributed by atoms with E-state index in [0.717, 1.165) is 25.7 Å². The summed E-state index contributed by atoms with van der Waals surface area (Å²) < 4.78 is 0. The van der Waals surface area contributed by atoms with Crippen LogP contribution in [0.5, 0.6) is 0 Å². The number of nitrogens with zero attached hydrogens (tertiary/aromatic N) is 1. The van der Waals surface area contributed by atoms with Crippen LogP contribution in [-0.2, 0) is 9.59 Å². The molecule has 1 aliphatic carbocycles. The van der Waals surface area contributed by atoms with Gasteiger partial charge in [-0.2, -0.15) is 0 Å². The minimum Gasteiger partial charge on any atom is -0.480 e. The molecule has 0 aliphatic heterocycles. The van der Waals surface area contributed by atoms with Gasteiger partial charge in [0.25, 0.3) is 0 Å². The van der Waals surface area contributed by atoms with Crippen molar-refractivity contribution in [3.8, 4) is 0 Å². The number of carboxylic acids is 1. The third kappa shape index (κ3) is 2.72.